The second-order valence-electron chi connectivity index (χ2n) is 5.35. The first-order chi connectivity index (χ1) is 9.41. The van der Waals surface area contributed by atoms with Gasteiger partial charge in [-0.2, -0.15) is 13.2 Å². The average Bonchev–Trinajstić information content (AvgIpc) is 2.29. The molecular weight excluding hydrogens is 309 g/mol. The SMILES string of the molecule is CC(C)(C)C(=O)NC(=O)Nc1cc(C(F)(F)F)ccc1Cl. The number of carbonyl (C=O) groups excluding carboxylic acids is 2. The number of amides is 3. The molecule has 8 heteroatoms. The Morgan fingerprint density at radius 1 is 1.14 bits per heavy atom. The van der Waals surface area contributed by atoms with Crippen molar-refractivity contribution in [3.8, 4) is 0 Å². The predicted molar refractivity (Wildman–Crippen MR) is 73.1 cm³/mol. The van der Waals surface area contributed by atoms with Crippen LogP contribution in [0.4, 0.5) is 23.7 Å². The fraction of sp³-hybridized carbons (Fsp3) is 0.385. The van der Waals surface area contributed by atoms with Crippen molar-refractivity contribution in [2.75, 3.05) is 5.32 Å². The third kappa shape index (κ3) is 4.93. The number of anilines is 1. The molecule has 1 aromatic rings. The summed E-state index contributed by atoms with van der Waals surface area (Å²) in [5.41, 5.74) is -2.00. The third-order valence-corrected chi connectivity index (χ3v) is 2.78. The van der Waals surface area contributed by atoms with Gasteiger partial charge in [-0.3, -0.25) is 10.1 Å². The molecule has 0 aliphatic rings. The first-order valence-corrected chi connectivity index (χ1v) is 6.28. The van der Waals surface area contributed by atoms with E-state index in [1.54, 1.807) is 20.8 Å². The molecule has 1 aromatic carbocycles. The number of rotatable bonds is 1. The number of imide groups is 1. The molecule has 21 heavy (non-hydrogen) atoms. The number of halogens is 4. The zero-order valence-corrected chi connectivity index (χ0v) is 12.3. The molecule has 0 aliphatic carbocycles. The normalized spacial score (nSPS) is 12.0. The van der Waals surface area contributed by atoms with E-state index in [-0.39, 0.29) is 10.7 Å². The Balaban J connectivity index is 2.88. The van der Waals surface area contributed by atoms with Crippen molar-refractivity contribution in [3.63, 3.8) is 0 Å². The predicted octanol–water partition coefficient (Wildman–Crippen LogP) is 4.05. The second kappa shape index (κ2) is 5.93. The zero-order valence-electron chi connectivity index (χ0n) is 11.6. The van der Waals surface area contributed by atoms with Gasteiger partial charge in [0.2, 0.25) is 5.91 Å². The molecule has 0 unspecified atom stereocenters. The molecule has 0 fully saturated rings. The van der Waals surface area contributed by atoms with E-state index >= 15 is 0 Å². The molecule has 0 aliphatic heterocycles. The highest BCUT2D eigenvalue weighted by Crippen LogP contribution is 2.33. The quantitative estimate of drug-likeness (QED) is 0.819. The van der Waals surface area contributed by atoms with Gasteiger partial charge >= 0.3 is 12.2 Å². The standard InChI is InChI=1S/C13H14ClF3N2O2/c1-12(2,3)10(20)19-11(21)18-9-6-7(13(15,16)17)4-5-8(9)14/h4-6H,1-3H3,(H2,18,19,20,21). The van der Waals surface area contributed by atoms with E-state index in [9.17, 15) is 22.8 Å². The van der Waals surface area contributed by atoms with E-state index in [1.807, 2.05) is 5.32 Å². The van der Waals surface area contributed by atoms with Gasteiger partial charge in [0.05, 0.1) is 16.3 Å². The number of benzene rings is 1. The highest BCUT2D eigenvalue weighted by atomic mass is 35.5. The van der Waals surface area contributed by atoms with E-state index in [1.165, 1.54) is 0 Å². The van der Waals surface area contributed by atoms with Crippen LogP contribution in [0, 0.1) is 5.41 Å². The lowest BCUT2D eigenvalue weighted by Crippen LogP contribution is -2.41. The van der Waals surface area contributed by atoms with Gasteiger partial charge in [0.15, 0.2) is 0 Å². The molecular formula is C13H14ClF3N2O2. The minimum absolute atomic E-state index is 0.0682. The van der Waals surface area contributed by atoms with Crippen LogP contribution in [-0.2, 0) is 11.0 Å². The number of alkyl halides is 3. The van der Waals surface area contributed by atoms with Gasteiger partial charge in [-0.1, -0.05) is 32.4 Å². The molecule has 0 spiro atoms. The fourth-order valence-corrected chi connectivity index (χ4v) is 1.41. The molecule has 0 bridgehead atoms. The van der Waals surface area contributed by atoms with E-state index in [4.69, 9.17) is 11.6 Å². The molecule has 1 rings (SSSR count). The van der Waals surface area contributed by atoms with Gasteiger partial charge < -0.3 is 5.32 Å². The van der Waals surface area contributed by atoms with Crippen LogP contribution >= 0.6 is 11.6 Å². The molecule has 2 N–H and O–H groups in total. The third-order valence-electron chi connectivity index (χ3n) is 2.45. The molecule has 0 heterocycles. The van der Waals surface area contributed by atoms with Crippen LogP contribution in [0.5, 0.6) is 0 Å². The average molecular weight is 323 g/mol. The van der Waals surface area contributed by atoms with Crippen LogP contribution in [0.25, 0.3) is 0 Å². The number of urea groups is 1. The van der Waals surface area contributed by atoms with E-state index in [0.717, 1.165) is 12.1 Å². The van der Waals surface area contributed by atoms with Gasteiger partial charge in [-0.25, -0.2) is 4.79 Å². The van der Waals surface area contributed by atoms with Crippen LogP contribution in [0.1, 0.15) is 26.3 Å². The Labute approximate surface area is 124 Å². The van der Waals surface area contributed by atoms with Crippen LogP contribution in [0.2, 0.25) is 5.02 Å². The van der Waals surface area contributed by atoms with E-state index in [0.29, 0.717) is 6.07 Å². The lowest BCUT2D eigenvalue weighted by molar-refractivity contribution is -0.137. The Morgan fingerprint density at radius 2 is 1.71 bits per heavy atom. The van der Waals surface area contributed by atoms with Crippen molar-refractivity contribution in [1.29, 1.82) is 0 Å². The summed E-state index contributed by atoms with van der Waals surface area (Å²) in [6.07, 6.45) is -4.56. The second-order valence-corrected chi connectivity index (χ2v) is 5.76. The number of carbonyl (C=O) groups is 2. The first-order valence-electron chi connectivity index (χ1n) is 5.90. The topological polar surface area (TPSA) is 58.2 Å². The van der Waals surface area contributed by atoms with Crippen LogP contribution in [0.15, 0.2) is 18.2 Å². The Bertz CT molecular complexity index is 566. The van der Waals surface area contributed by atoms with Crippen LogP contribution in [-0.4, -0.2) is 11.9 Å². The van der Waals surface area contributed by atoms with Gasteiger partial charge in [0, 0.05) is 5.41 Å². The van der Waals surface area contributed by atoms with Gasteiger partial charge in [-0.05, 0) is 18.2 Å². The Kier molecular flexibility index (Phi) is 4.88. The number of nitrogens with one attached hydrogen (secondary N) is 2. The van der Waals surface area contributed by atoms with Crippen molar-refractivity contribution in [3.05, 3.63) is 28.8 Å². The monoisotopic (exact) mass is 322 g/mol. The Hall–Kier alpha value is -1.76. The van der Waals surface area contributed by atoms with Crippen molar-refractivity contribution in [2.45, 2.75) is 26.9 Å². The lowest BCUT2D eigenvalue weighted by atomic mass is 9.96. The molecule has 3 amide bonds. The molecule has 0 aromatic heterocycles. The first kappa shape index (κ1) is 17.3. The zero-order chi connectivity index (χ0) is 16.4. The highest BCUT2D eigenvalue weighted by molar-refractivity contribution is 6.33. The molecule has 0 saturated heterocycles. The summed E-state index contributed by atoms with van der Waals surface area (Å²) in [6, 6.07) is 1.57. The van der Waals surface area contributed by atoms with Crippen molar-refractivity contribution in [2.24, 2.45) is 5.41 Å². The summed E-state index contributed by atoms with van der Waals surface area (Å²) in [5, 5.41) is 4.08. The summed E-state index contributed by atoms with van der Waals surface area (Å²) < 4.78 is 37.7. The highest BCUT2D eigenvalue weighted by Gasteiger charge is 2.31. The summed E-state index contributed by atoms with van der Waals surface area (Å²) in [4.78, 5) is 23.2. The van der Waals surface area contributed by atoms with Gasteiger partial charge in [-0.15, -0.1) is 0 Å². The molecule has 0 radical (unpaired) electrons. The summed E-state index contributed by atoms with van der Waals surface area (Å²) in [7, 11) is 0. The largest absolute Gasteiger partial charge is 0.416 e. The molecule has 4 nitrogen and oxygen atoms in total. The Morgan fingerprint density at radius 3 is 2.19 bits per heavy atom. The molecule has 0 atom stereocenters. The van der Waals surface area contributed by atoms with Crippen LogP contribution < -0.4 is 10.6 Å². The maximum absolute atomic E-state index is 12.6. The van der Waals surface area contributed by atoms with Crippen molar-refractivity contribution < 1.29 is 22.8 Å². The number of hydrogen-bond donors (Lipinski definition) is 2. The summed E-state index contributed by atoms with van der Waals surface area (Å²) in [5.74, 6) is -0.567. The molecule has 0 saturated carbocycles. The summed E-state index contributed by atoms with van der Waals surface area (Å²) in [6.45, 7) is 4.77. The lowest BCUT2D eigenvalue weighted by Gasteiger charge is -2.17. The van der Waals surface area contributed by atoms with Crippen molar-refractivity contribution >= 4 is 29.2 Å². The van der Waals surface area contributed by atoms with Gasteiger partial charge in [0.25, 0.3) is 0 Å². The maximum Gasteiger partial charge on any atom is 0.416 e. The minimum Gasteiger partial charge on any atom is -0.306 e. The smallest absolute Gasteiger partial charge is 0.306 e. The van der Waals surface area contributed by atoms with Crippen molar-refractivity contribution in [1.82, 2.24) is 5.32 Å². The van der Waals surface area contributed by atoms with Gasteiger partial charge in [0.1, 0.15) is 0 Å². The van der Waals surface area contributed by atoms with Crippen LogP contribution in [0.3, 0.4) is 0 Å². The number of hydrogen-bond acceptors (Lipinski definition) is 2. The summed E-state index contributed by atoms with van der Waals surface area (Å²) >= 11 is 5.72. The van der Waals surface area contributed by atoms with E-state index < -0.39 is 29.1 Å². The molecule has 116 valence electrons. The minimum atomic E-state index is -4.56. The maximum atomic E-state index is 12.6. The van der Waals surface area contributed by atoms with E-state index in [2.05, 4.69) is 5.32 Å². The fourth-order valence-electron chi connectivity index (χ4n) is 1.24.